The number of pyridine rings is 1. The van der Waals surface area contributed by atoms with E-state index in [1.165, 1.54) is 35.5 Å². The van der Waals surface area contributed by atoms with Gasteiger partial charge in [0.1, 0.15) is 18.0 Å². The number of carbonyl (C=O) groups excluding carboxylic acids is 2. The number of rotatable bonds is 6. The van der Waals surface area contributed by atoms with E-state index in [0.29, 0.717) is 17.4 Å². The molecule has 0 unspecified atom stereocenters. The maximum Gasteiger partial charge on any atom is 0.417 e. The SMILES string of the molecule is CC(C)c1cc(F)c(N(C)C)cc1N1C(=O)CSC1=NC(=O)Nc1ccc(-c2ncn(-c3ccc(C(F)(F)F)cn3)n2)cc1F. The highest BCUT2D eigenvalue weighted by Gasteiger charge is 2.34. The van der Waals surface area contributed by atoms with Gasteiger partial charge in [-0.05, 0) is 53.9 Å². The van der Waals surface area contributed by atoms with Crippen LogP contribution in [0.1, 0.15) is 30.9 Å². The van der Waals surface area contributed by atoms with E-state index in [1.54, 1.807) is 19.0 Å². The maximum absolute atomic E-state index is 15.0. The second-order valence-corrected chi connectivity index (χ2v) is 11.3. The molecule has 0 bridgehead atoms. The van der Waals surface area contributed by atoms with Crippen LogP contribution in [-0.2, 0) is 11.0 Å². The van der Waals surface area contributed by atoms with Crippen LogP contribution in [0.5, 0.6) is 0 Å². The van der Waals surface area contributed by atoms with Gasteiger partial charge in [-0.3, -0.25) is 9.69 Å². The van der Waals surface area contributed by atoms with E-state index < -0.39 is 29.4 Å². The zero-order chi connectivity index (χ0) is 32.6. The average Bonchev–Trinajstić information content (AvgIpc) is 3.60. The average molecular weight is 645 g/mol. The van der Waals surface area contributed by atoms with Crippen molar-refractivity contribution < 1.29 is 31.5 Å². The summed E-state index contributed by atoms with van der Waals surface area (Å²) in [6.45, 7) is 3.70. The third-order valence-corrected chi connectivity index (χ3v) is 7.60. The predicted octanol–water partition coefficient (Wildman–Crippen LogP) is 6.48. The molecule has 2 aromatic carbocycles. The van der Waals surface area contributed by atoms with E-state index in [0.717, 1.165) is 34.6 Å². The summed E-state index contributed by atoms with van der Waals surface area (Å²) < 4.78 is 69.4. The zero-order valence-electron chi connectivity index (χ0n) is 24.2. The molecule has 0 saturated carbocycles. The van der Waals surface area contributed by atoms with E-state index in [-0.39, 0.29) is 51.3 Å². The number of aliphatic imine (C=N–C) groups is 1. The van der Waals surface area contributed by atoms with Crippen LogP contribution in [0.4, 0.5) is 43.8 Å². The Labute approximate surface area is 258 Å². The maximum atomic E-state index is 15.0. The van der Waals surface area contributed by atoms with Gasteiger partial charge in [-0.1, -0.05) is 25.6 Å². The van der Waals surface area contributed by atoms with E-state index >= 15 is 4.39 Å². The summed E-state index contributed by atoms with van der Waals surface area (Å²) in [7, 11) is 3.33. The minimum absolute atomic E-state index is 0.00300. The lowest BCUT2D eigenvalue weighted by molar-refractivity contribution is -0.137. The Morgan fingerprint density at radius 2 is 1.82 bits per heavy atom. The summed E-state index contributed by atoms with van der Waals surface area (Å²) in [6, 6.07) is 7.70. The van der Waals surface area contributed by atoms with Gasteiger partial charge in [0.15, 0.2) is 16.8 Å². The number of nitrogens with zero attached hydrogens (tertiary/aromatic N) is 7. The van der Waals surface area contributed by atoms with Gasteiger partial charge in [0, 0.05) is 25.9 Å². The van der Waals surface area contributed by atoms with Gasteiger partial charge < -0.3 is 10.2 Å². The molecular weight excluding hydrogens is 619 g/mol. The van der Waals surface area contributed by atoms with Crippen molar-refractivity contribution in [2.45, 2.75) is 25.9 Å². The Morgan fingerprint density at radius 3 is 2.44 bits per heavy atom. The van der Waals surface area contributed by atoms with Crippen LogP contribution >= 0.6 is 11.8 Å². The lowest BCUT2D eigenvalue weighted by Gasteiger charge is -2.24. The van der Waals surface area contributed by atoms with Crippen LogP contribution in [0.15, 0.2) is 60.0 Å². The highest BCUT2D eigenvalue weighted by Crippen LogP contribution is 2.37. The molecule has 5 rings (SSSR count). The fraction of sp³-hybridized carbons (Fsp3) is 0.241. The van der Waals surface area contributed by atoms with Crippen molar-refractivity contribution in [3.8, 4) is 17.2 Å². The molecule has 45 heavy (non-hydrogen) atoms. The molecule has 16 heteroatoms. The third-order valence-electron chi connectivity index (χ3n) is 6.67. The molecule has 2 aromatic heterocycles. The Bertz CT molecular complexity index is 1810. The van der Waals surface area contributed by atoms with Crippen molar-refractivity contribution in [1.82, 2.24) is 19.7 Å². The highest BCUT2D eigenvalue weighted by molar-refractivity contribution is 8.15. The first-order valence-electron chi connectivity index (χ1n) is 13.3. The number of benzene rings is 2. The third kappa shape index (κ3) is 6.64. The number of thioether (sulfide) groups is 1. The minimum atomic E-state index is -4.54. The second-order valence-electron chi connectivity index (χ2n) is 10.4. The van der Waals surface area contributed by atoms with Crippen molar-refractivity contribution in [2.75, 3.05) is 35.0 Å². The Kier molecular flexibility index (Phi) is 8.60. The molecule has 3 heterocycles. The predicted molar refractivity (Wildman–Crippen MR) is 161 cm³/mol. The standard InChI is InChI=1S/C29H25F5N8O2S/c1-15(2)18-10-20(31)23(40(3)4)11-22(18)42-25(43)13-45-28(42)38-27(44)37-21-7-5-16(9-19(21)30)26-36-14-41(39-26)24-8-6-17(12-35-24)29(32,33)34/h5-12,14-15H,13H2,1-4H3,(H,37,44). The molecule has 0 spiro atoms. The molecule has 1 aliphatic rings. The normalized spacial score (nSPS) is 14.5. The van der Waals surface area contributed by atoms with E-state index in [2.05, 4.69) is 25.4 Å². The Morgan fingerprint density at radius 1 is 1.07 bits per heavy atom. The van der Waals surface area contributed by atoms with Crippen molar-refractivity contribution in [2.24, 2.45) is 4.99 Å². The first-order chi connectivity index (χ1) is 21.2. The Balaban J connectivity index is 1.35. The minimum Gasteiger partial charge on any atom is -0.375 e. The number of anilines is 3. The van der Waals surface area contributed by atoms with Gasteiger partial charge in [0.2, 0.25) is 5.91 Å². The molecule has 0 radical (unpaired) electrons. The first-order valence-corrected chi connectivity index (χ1v) is 14.3. The van der Waals surface area contributed by atoms with Crippen LogP contribution in [0.2, 0.25) is 0 Å². The molecule has 0 aliphatic carbocycles. The molecule has 1 N–H and O–H groups in total. The van der Waals surface area contributed by atoms with Crippen LogP contribution in [0.25, 0.3) is 17.2 Å². The van der Waals surface area contributed by atoms with Crippen molar-refractivity contribution in [1.29, 1.82) is 0 Å². The van der Waals surface area contributed by atoms with Crippen LogP contribution < -0.4 is 15.1 Å². The van der Waals surface area contributed by atoms with Gasteiger partial charge in [0.25, 0.3) is 0 Å². The highest BCUT2D eigenvalue weighted by atomic mass is 32.2. The smallest absolute Gasteiger partial charge is 0.375 e. The van der Waals surface area contributed by atoms with Gasteiger partial charge in [-0.25, -0.2) is 28.2 Å². The van der Waals surface area contributed by atoms with Gasteiger partial charge >= 0.3 is 12.2 Å². The summed E-state index contributed by atoms with van der Waals surface area (Å²) in [5.74, 6) is -1.67. The lowest BCUT2D eigenvalue weighted by Crippen LogP contribution is -2.31. The topological polar surface area (TPSA) is 109 Å². The molecule has 3 amide bonds. The molecule has 1 saturated heterocycles. The van der Waals surface area contributed by atoms with Crippen LogP contribution in [-0.4, -0.2) is 56.7 Å². The van der Waals surface area contributed by atoms with Gasteiger partial charge in [-0.15, -0.1) is 5.10 Å². The summed E-state index contributed by atoms with van der Waals surface area (Å²) >= 11 is 1.02. The molecule has 1 fully saturated rings. The number of aromatic nitrogens is 4. The quantitative estimate of drug-likeness (QED) is 0.239. The fourth-order valence-electron chi connectivity index (χ4n) is 4.43. The van der Waals surface area contributed by atoms with Gasteiger partial charge in [-0.2, -0.15) is 18.2 Å². The lowest BCUT2D eigenvalue weighted by atomic mass is 9.99. The largest absolute Gasteiger partial charge is 0.417 e. The molecule has 1 aliphatic heterocycles. The molecule has 10 nitrogen and oxygen atoms in total. The Hall–Kier alpha value is -4.86. The zero-order valence-corrected chi connectivity index (χ0v) is 25.0. The fourth-order valence-corrected chi connectivity index (χ4v) is 5.29. The number of amidine groups is 1. The van der Waals surface area contributed by atoms with E-state index in [1.807, 2.05) is 13.8 Å². The summed E-state index contributed by atoms with van der Waals surface area (Å²) in [5, 5.41) is 6.56. The molecule has 0 atom stereocenters. The van der Waals surface area contributed by atoms with Crippen LogP contribution in [0.3, 0.4) is 0 Å². The summed E-state index contributed by atoms with van der Waals surface area (Å²) in [6.07, 6.45) is -2.66. The van der Waals surface area contributed by atoms with Crippen molar-refractivity contribution in [3.05, 3.63) is 77.8 Å². The number of carbonyl (C=O) groups is 2. The molecular formula is C29H25F5N8O2S. The summed E-state index contributed by atoms with van der Waals surface area (Å²) in [4.78, 5) is 40.4. The van der Waals surface area contributed by atoms with E-state index in [9.17, 15) is 27.2 Å². The van der Waals surface area contributed by atoms with Crippen molar-refractivity contribution in [3.63, 3.8) is 0 Å². The number of hydrogen-bond donors (Lipinski definition) is 1. The number of amides is 3. The molecule has 234 valence electrons. The number of halogens is 5. The first kappa shape index (κ1) is 31.6. The number of alkyl halides is 3. The van der Waals surface area contributed by atoms with Crippen LogP contribution in [0, 0.1) is 11.6 Å². The van der Waals surface area contributed by atoms with Gasteiger partial charge in [0.05, 0.1) is 28.4 Å². The van der Waals surface area contributed by atoms with Crippen molar-refractivity contribution >= 4 is 45.9 Å². The number of urea groups is 1. The second kappa shape index (κ2) is 12.3. The number of nitrogens with one attached hydrogen (secondary N) is 1. The van der Waals surface area contributed by atoms with E-state index in [4.69, 9.17) is 0 Å². The number of hydrogen-bond acceptors (Lipinski definition) is 7. The monoisotopic (exact) mass is 644 g/mol. The summed E-state index contributed by atoms with van der Waals surface area (Å²) in [5.41, 5.74) is 0.285. The molecule has 4 aromatic rings.